The van der Waals surface area contributed by atoms with Gasteiger partial charge in [-0.2, -0.15) is 5.10 Å². The summed E-state index contributed by atoms with van der Waals surface area (Å²) in [5.74, 6) is 0.664. The van der Waals surface area contributed by atoms with Crippen LogP contribution in [0.4, 0.5) is 10.2 Å². The molecule has 0 saturated heterocycles. The Morgan fingerprint density at radius 2 is 2.04 bits per heavy atom. The number of aryl methyl sites for hydroxylation is 1. The van der Waals surface area contributed by atoms with Crippen molar-refractivity contribution in [2.24, 2.45) is 0 Å². The van der Waals surface area contributed by atoms with Crippen molar-refractivity contribution in [3.05, 3.63) is 64.4 Å². The zero-order chi connectivity index (χ0) is 16.0. The number of hydrogen-bond donors (Lipinski definition) is 1. The van der Waals surface area contributed by atoms with Gasteiger partial charge in [0.1, 0.15) is 17.3 Å². The molecule has 0 unspecified atom stereocenters. The molecular weight excluding hydrogens is 313 g/mol. The van der Waals surface area contributed by atoms with E-state index in [2.05, 4.69) is 10.4 Å². The highest BCUT2D eigenvalue weighted by Gasteiger charge is 2.25. The van der Waals surface area contributed by atoms with Gasteiger partial charge in [-0.15, -0.1) is 0 Å². The van der Waals surface area contributed by atoms with Crippen LogP contribution in [0, 0.1) is 12.7 Å². The summed E-state index contributed by atoms with van der Waals surface area (Å²) in [5.41, 5.74) is 4.16. The summed E-state index contributed by atoms with van der Waals surface area (Å²) in [7, 11) is 0. The average molecular weight is 328 g/mol. The second-order valence-electron chi connectivity index (χ2n) is 5.68. The second kappa shape index (κ2) is 5.39. The molecule has 0 aliphatic carbocycles. The first kappa shape index (κ1) is 14.3. The van der Waals surface area contributed by atoms with Crippen molar-refractivity contribution in [1.82, 2.24) is 9.78 Å². The van der Waals surface area contributed by atoms with Gasteiger partial charge in [0, 0.05) is 22.7 Å². The lowest BCUT2D eigenvalue weighted by Crippen LogP contribution is -2.04. The average Bonchev–Trinajstić information content (AvgIpc) is 3.13. The minimum absolute atomic E-state index is 0.256. The fraction of sp³-hybridized carbons (Fsp3) is 0.167. The summed E-state index contributed by atoms with van der Waals surface area (Å²) in [6.07, 6.45) is 0.832. The van der Waals surface area contributed by atoms with Crippen molar-refractivity contribution >= 4 is 17.4 Å². The van der Waals surface area contributed by atoms with Gasteiger partial charge in [-0.1, -0.05) is 29.8 Å². The molecule has 3 aromatic rings. The third kappa shape index (κ3) is 2.30. The van der Waals surface area contributed by atoms with Gasteiger partial charge >= 0.3 is 0 Å². The van der Waals surface area contributed by atoms with Gasteiger partial charge in [0.15, 0.2) is 0 Å². The molecule has 0 saturated carbocycles. The Morgan fingerprint density at radius 1 is 1.22 bits per heavy atom. The zero-order valence-electron chi connectivity index (χ0n) is 12.6. The van der Waals surface area contributed by atoms with Crippen LogP contribution in [0.5, 0.6) is 0 Å². The Morgan fingerprint density at radius 3 is 2.83 bits per heavy atom. The molecule has 2 heterocycles. The quantitative estimate of drug-likeness (QED) is 0.745. The molecule has 0 amide bonds. The van der Waals surface area contributed by atoms with E-state index in [9.17, 15) is 4.39 Å². The fourth-order valence-electron chi connectivity index (χ4n) is 2.94. The monoisotopic (exact) mass is 327 g/mol. The molecule has 1 aromatic heterocycles. The minimum atomic E-state index is -0.256. The van der Waals surface area contributed by atoms with E-state index < -0.39 is 0 Å². The normalized spacial score (nSPS) is 13.0. The topological polar surface area (TPSA) is 29.9 Å². The van der Waals surface area contributed by atoms with Crippen LogP contribution in [0.2, 0.25) is 5.02 Å². The lowest BCUT2D eigenvalue weighted by molar-refractivity contribution is 0.630. The molecule has 23 heavy (non-hydrogen) atoms. The molecule has 2 aromatic carbocycles. The van der Waals surface area contributed by atoms with Gasteiger partial charge in [0.25, 0.3) is 0 Å². The molecule has 1 aliphatic heterocycles. The summed E-state index contributed by atoms with van der Waals surface area (Å²) in [6, 6.07) is 12.6. The van der Waals surface area contributed by atoms with Gasteiger partial charge < -0.3 is 5.32 Å². The van der Waals surface area contributed by atoms with Crippen LogP contribution in [0.3, 0.4) is 0 Å². The van der Waals surface area contributed by atoms with Crippen LogP contribution in [-0.4, -0.2) is 16.3 Å². The lowest BCUT2D eigenvalue weighted by Gasteiger charge is -2.08. The van der Waals surface area contributed by atoms with Crippen molar-refractivity contribution in [1.29, 1.82) is 0 Å². The first-order valence-corrected chi connectivity index (χ1v) is 7.90. The van der Waals surface area contributed by atoms with Gasteiger partial charge in [0.05, 0.1) is 5.69 Å². The maximum Gasteiger partial charge on any atom is 0.133 e. The SMILES string of the molecule is Cc1ccc(-n2nc(-c3ccccc3F)c3c2NCC3)cc1Cl. The van der Waals surface area contributed by atoms with Gasteiger partial charge in [-0.25, -0.2) is 9.07 Å². The summed E-state index contributed by atoms with van der Waals surface area (Å²) in [4.78, 5) is 0. The predicted molar refractivity (Wildman–Crippen MR) is 90.9 cm³/mol. The number of anilines is 1. The van der Waals surface area contributed by atoms with Crippen molar-refractivity contribution in [2.45, 2.75) is 13.3 Å². The van der Waals surface area contributed by atoms with Crippen LogP contribution >= 0.6 is 11.6 Å². The van der Waals surface area contributed by atoms with E-state index in [-0.39, 0.29) is 5.82 Å². The standard InChI is InChI=1S/C18H15ClFN3/c1-11-6-7-12(10-15(11)19)23-18-14(8-9-21-18)17(22-23)13-4-2-3-5-16(13)20/h2-7,10,21H,8-9H2,1H3. The number of nitrogens with one attached hydrogen (secondary N) is 1. The Labute approximate surface area is 138 Å². The maximum atomic E-state index is 14.2. The van der Waals surface area contributed by atoms with Gasteiger partial charge in [-0.05, 0) is 43.2 Å². The number of nitrogens with zero attached hydrogens (tertiary/aromatic N) is 2. The van der Waals surface area contributed by atoms with Crippen LogP contribution in [0.15, 0.2) is 42.5 Å². The molecule has 0 bridgehead atoms. The minimum Gasteiger partial charge on any atom is -0.369 e. The first-order valence-electron chi connectivity index (χ1n) is 7.52. The van der Waals surface area contributed by atoms with Crippen molar-refractivity contribution in [2.75, 3.05) is 11.9 Å². The highest BCUT2D eigenvalue weighted by atomic mass is 35.5. The van der Waals surface area contributed by atoms with Crippen LogP contribution in [-0.2, 0) is 6.42 Å². The second-order valence-corrected chi connectivity index (χ2v) is 6.08. The number of halogens is 2. The number of fused-ring (bicyclic) bond motifs is 1. The zero-order valence-corrected chi connectivity index (χ0v) is 13.4. The smallest absolute Gasteiger partial charge is 0.133 e. The predicted octanol–water partition coefficient (Wildman–Crippen LogP) is 4.61. The van der Waals surface area contributed by atoms with E-state index in [4.69, 9.17) is 11.6 Å². The van der Waals surface area contributed by atoms with Crippen LogP contribution in [0.25, 0.3) is 16.9 Å². The maximum absolute atomic E-state index is 14.2. The number of hydrogen-bond acceptors (Lipinski definition) is 2. The Kier molecular flexibility index (Phi) is 3.34. The molecule has 1 N–H and O–H groups in total. The molecule has 0 spiro atoms. The lowest BCUT2D eigenvalue weighted by atomic mass is 10.1. The fourth-order valence-corrected chi connectivity index (χ4v) is 3.12. The summed E-state index contributed by atoms with van der Waals surface area (Å²) < 4.78 is 16.0. The van der Waals surface area contributed by atoms with Crippen LogP contribution < -0.4 is 5.32 Å². The third-order valence-electron chi connectivity index (χ3n) is 4.18. The number of rotatable bonds is 2. The first-order chi connectivity index (χ1) is 11.1. The molecule has 116 valence electrons. The molecular formula is C18H15ClFN3. The molecule has 0 radical (unpaired) electrons. The molecule has 0 atom stereocenters. The van der Waals surface area contributed by atoms with Crippen LogP contribution in [0.1, 0.15) is 11.1 Å². The van der Waals surface area contributed by atoms with Crippen molar-refractivity contribution < 1.29 is 4.39 Å². The Balaban J connectivity index is 1.91. The Bertz CT molecular complexity index is 901. The molecule has 0 fully saturated rings. The largest absolute Gasteiger partial charge is 0.369 e. The molecule has 5 heteroatoms. The van der Waals surface area contributed by atoms with E-state index in [1.54, 1.807) is 12.1 Å². The van der Waals surface area contributed by atoms with Gasteiger partial charge in [-0.3, -0.25) is 0 Å². The molecule has 3 nitrogen and oxygen atoms in total. The van der Waals surface area contributed by atoms with E-state index in [0.29, 0.717) is 16.3 Å². The van der Waals surface area contributed by atoms with E-state index >= 15 is 0 Å². The summed E-state index contributed by atoms with van der Waals surface area (Å²) in [6.45, 7) is 2.79. The summed E-state index contributed by atoms with van der Waals surface area (Å²) in [5, 5.41) is 8.70. The van der Waals surface area contributed by atoms with Crippen molar-refractivity contribution in [3.8, 4) is 16.9 Å². The molecule has 1 aliphatic rings. The third-order valence-corrected chi connectivity index (χ3v) is 4.59. The van der Waals surface area contributed by atoms with E-state index in [0.717, 1.165) is 35.6 Å². The number of benzene rings is 2. The highest BCUT2D eigenvalue weighted by Crippen LogP contribution is 2.36. The van der Waals surface area contributed by atoms with E-state index in [1.165, 1.54) is 6.07 Å². The summed E-state index contributed by atoms with van der Waals surface area (Å²) >= 11 is 6.24. The molecule has 4 rings (SSSR count). The van der Waals surface area contributed by atoms with Gasteiger partial charge in [0.2, 0.25) is 0 Å². The highest BCUT2D eigenvalue weighted by molar-refractivity contribution is 6.31. The van der Waals surface area contributed by atoms with E-state index in [1.807, 2.05) is 35.9 Å². The Hall–Kier alpha value is -2.33. The van der Waals surface area contributed by atoms with Crippen molar-refractivity contribution in [3.63, 3.8) is 0 Å². The number of aromatic nitrogens is 2.